The van der Waals surface area contributed by atoms with Gasteiger partial charge in [-0.3, -0.25) is 4.98 Å². The van der Waals surface area contributed by atoms with Crippen molar-refractivity contribution in [1.82, 2.24) is 4.98 Å². The SMILES string of the molecule is CN(c1ccc(O)cc1)c1cccnc1C(N)=S. The van der Waals surface area contributed by atoms with Crippen molar-refractivity contribution in [2.24, 2.45) is 5.73 Å². The molecule has 0 aliphatic heterocycles. The number of nitrogens with two attached hydrogens (primary N) is 1. The van der Waals surface area contributed by atoms with E-state index in [0.717, 1.165) is 11.4 Å². The van der Waals surface area contributed by atoms with Gasteiger partial charge in [0, 0.05) is 18.9 Å². The molecule has 0 aliphatic carbocycles. The Balaban J connectivity index is 2.42. The lowest BCUT2D eigenvalue weighted by atomic mass is 10.2. The molecule has 2 aromatic rings. The molecule has 0 unspecified atom stereocenters. The Kier molecular flexibility index (Phi) is 3.43. The maximum atomic E-state index is 9.28. The summed E-state index contributed by atoms with van der Waals surface area (Å²) in [5, 5.41) is 9.28. The summed E-state index contributed by atoms with van der Waals surface area (Å²) in [5.41, 5.74) is 7.99. The van der Waals surface area contributed by atoms with Gasteiger partial charge in [-0.15, -0.1) is 0 Å². The van der Waals surface area contributed by atoms with Crippen LogP contribution in [0.2, 0.25) is 0 Å². The van der Waals surface area contributed by atoms with E-state index in [4.69, 9.17) is 18.0 Å². The molecule has 3 N–H and O–H groups in total. The number of aromatic hydroxyl groups is 1. The lowest BCUT2D eigenvalue weighted by Gasteiger charge is -2.21. The number of hydrogen-bond donors (Lipinski definition) is 2. The van der Waals surface area contributed by atoms with Crippen molar-refractivity contribution in [1.29, 1.82) is 0 Å². The van der Waals surface area contributed by atoms with Crippen molar-refractivity contribution in [3.63, 3.8) is 0 Å². The molecule has 1 aromatic carbocycles. The highest BCUT2D eigenvalue weighted by atomic mass is 32.1. The fourth-order valence-corrected chi connectivity index (χ4v) is 1.83. The summed E-state index contributed by atoms with van der Waals surface area (Å²) in [7, 11) is 1.89. The molecule has 0 amide bonds. The van der Waals surface area contributed by atoms with Crippen molar-refractivity contribution in [2.45, 2.75) is 0 Å². The number of rotatable bonds is 3. The van der Waals surface area contributed by atoms with Gasteiger partial charge in [-0.1, -0.05) is 12.2 Å². The lowest BCUT2D eigenvalue weighted by Crippen LogP contribution is -2.19. The van der Waals surface area contributed by atoms with E-state index in [0.29, 0.717) is 5.69 Å². The first-order chi connectivity index (χ1) is 8.59. The summed E-state index contributed by atoms with van der Waals surface area (Å²) in [6.45, 7) is 0. The zero-order valence-electron chi connectivity index (χ0n) is 9.87. The first-order valence-corrected chi connectivity index (χ1v) is 5.78. The van der Waals surface area contributed by atoms with Crippen LogP contribution >= 0.6 is 12.2 Å². The van der Waals surface area contributed by atoms with Gasteiger partial charge in [-0.2, -0.15) is 0 Å². The number of hydrogen-bond acceptors (Lipinski definition) is 4. The summed E-state index contributed by atoms with van der Waals surface area (Å²) >= 11 is 4.99. The third-order valence-electron chi connectivity index (χ3n) is 2.62. The van der Waals surface area contributed by atoms with Gasteiger partial charge in [0.05, 0.1) is 5.69 Å². The quantitative estimate of drug-likeness (QED) is 0.827. The summed E-state index contributed by atoms with van der Waals surface area (Å²) in [6, 6.07) is 10.6. The predicted molar refractivity (Wildman–Crippen MR) is 76.3 cm³/mol. The largest absolute Gasteiger partial charge is 0.508 e. The average Bonchev–Trinajstić information content (AvgIpc) is 2.39. The molecule has 18 heavy (non-hydrogen) atoms. The van der Waals surface area contributed by atoms with Gasteiger partial charge >= 0.3 is 0 Å². The monoisotopic (exact) mass is 259 g/mol. The van der Waals surface area contributed by atoms with Crippen molar-refractivity contribution >= 4 is 28.6 Å². The zero-order chi connectivity index (χ0) is 13.1. The molecule has 92 valence electrons. The molecule has 0 radical (unpaired) electrons. The van der Waals surface area contributed by atoms with E-state index in [1.807, 2.05) is 36.2 Å². The molecule has 5 heteroatoms. The second-order valence-electron chi connectivity index (χ2n) is 3.81. The van der Waals surface area contributed by atoms with E-state index in [2.05, 4.69) is 4.98 Å². The minimum atomic E-state index is 0.230. The minimum absolute atomic E-state index is 0.230. The van der Waals surface area contributed by atoms with Crippen molar-refractivity contribution in [3.05, 3.63) is 48.3 Å². The zero-order valence-corrected chi connectivity index (χ0v) is 10.7. The van der Waals surface area contributed by atoms with Crippen LogP contribution in [-0.4, -0.2) is 22.1 Å². The van der Waals surface area contributed by atoms with E-state index in [1.165, 1.54) is 0 Å². The van der Waals surface area contributed by atoms with Crippen molar-refractivity contribution < 1.29 is 5.11 Å². The number of pyridine rings is 1. The van der Waals surface area contributed by atoms with Crippen LogP contribution in [0.1, 0.15) is 5.69 Å². The van der Waals surface area contributed by atoms with Gasteiger partial charge in [0.15, 0.2) is 0 Å². The fourth-order valence-electron chi connectivity index (χ4n) is 1.67. The number of nitrogens with zero attached hydrogens (tertiary/aromatic N) is 2. The van der Waals surface area contributed by atoms with Gasteiger partial charge in [-0.05, 0) is 36.4 Å². The summed E-state index contributed by atoms with van der Waals surface area (Å²) in [6.07, 6.45) is 1.66. The highest BCUT2D eigenvalue weighted by molar-refractivity contribution is 7.80. The second kappa shape index (κ2) is 5.01. The highest BCUT2D eigenvalue weighted by Gasteiger charge is 2.11. The van der Waals surface area contributed by atoms with Gasteiger partial charge in [0.25, 0.3) is 0 Å². The third kappa shape index (κ3) is 2.41. The number of anilines is 2. The molecule has 0 bridgehead atoms. The minimum Gasteiger partial charge on any atom is -0.508 e. The smallest absolute Gasteiger partial charge is 0.124 e. The Labute approximate surface area is 111 Å². The molecule has 0 aliphatic rings. The molecule has 0 fully saturated rings. The molecule has 0 spiro atoms. The van der Waals surface area contributed by atoms with Gasteiger partial charge in [0.1, 0.15) is 16.4 Å². The molecular formula is C13H13N3OS. The average molecular weight is 259 g/mol. The van der Waals surface area contributed by atoms with Crippen LogP contribution in [0.5, 0.6) is 5.75 Å². The van der Waals surface area contributed by atoms with Gasteiger partial charge in [0.2, 0.25) is 0 Å². The van der Waals surface area contributed by atoms with Crippen LogP contribution in [0.15, 0.2) is 42.6 Å². The molecule has 4 nitrogen and oxygen atoms in total. The number of aromatic nitrogens is 1. The number of benzene rings is 1. The highest BCUT2D eigenvalue weighted by Crippen LogP contribution is 2.26. The normalized spacial score (nSPS) is 10.1. The third-order valence-corrected chi connectivity index (χ3v) is 2.81. The molecule has 1 aromatic heterocycles. The summed E-state index contributed by atoms with van der Waals surface area (Å²) < 4.78 is 0. The Bertz CT molecular complexity index is 569. The number of thiocarbonyl (C=S) groups is 1. The van der Waals surface area contributed by atoms with Crippen LogP contribution in [0.3, 0.4) is 0 Å². The topological polar surface area (TPSA) is 62.4 Å². The Morgan fingerprint density at radius 1 is 1.28 bits per heavy atom. The van der Waals surface area contributed by atoms with Crippen LogP contribution in [0.25, 0.3) is 0 Å². The molecule has 1 heterocycles. The van der Waals surface area contributed by atoms with E-state index in [1.54, 1.807) is 18.3 Å². The van der Waals surface area contributed by atoms with E-state index in [9.17, 15) is 5.11 Å². The van der Waals surface area contributed by atoms with Gasteiger partial charge < -0.3 is 15.7 Å². The molecule has 2 rings (SSSR count). The summed E-state index contributed by atoms with van der Waals surface area (Å²) in [4.78, 5) is 6.36. The van der Waals surface area contributed by atoms with Crippen molar-refractivity contribution in [2.75, 3.05) is 11.9 Å². The molecule has 0 atom stereocenters. The number of phenolic OH excluding ortho intramolecular Hbond substituents is 1. The molecule has 0 saturated carbocycles. The Hall–Kier alpha value is -2.14. The predicted octanol–water partition coefficient (Wildman–Crippen LogP) is 2.19. The Morgan fingerprint density at radius 3 is 2.56 bits per heavy atom. The second-order valence-corrected chi connectivity index (χ2v) is 4.25. The molecule has 0 saturated heterocycles. The van der Waals surface area contributed by atoms with Crippen LogP contribution < -0.4 is 10.6 Å². The first kappa shape index (κ1) is 12.3. The molecular weight excluding hydrogens is 246 g/mol. The van der Waals surface area contributed by atoms with Crippen LogP contribution in [0, 0.1) is 0 Å². The van der Waals surface area contributed by atoms with E-state index >= 15 is 0 Å². The maximum absolute atomic E-state index is 9.28. The summed E-state index contributed by atoms with van der Waals surface area (Å²) in [5.74, 6) is 0.230. The Morgan fingerprint density at radius 2 is 1.94 bits per heavy atom. The number of phenols is 1. The van der Waals surface area contributed by atoms with Crippen LogP contribution in [0.4, 0.5) is 11.4 Å². The maximum Gasteiger partial charge on any atom is 0.124 e. The first-order valence-electron chi connectivity index (χ1n) is 5.37. The van der Waals surface area contributed by atoms with E-state index in [-0.39, 0.29) is 10.7 Å². The lowest BCUT2D eigenvalue weighted by molar-refractivity contribution is 0.475. The van der Waals surface area contributed by atoms with E-state index < -0.39 is 0 Å². The van der Waals surface area contributed by atoms with Crippen LogP contribution in [-0.2, 0) is 0 Å². The standard InChI is InChI=1S/C13H13N3OS/c1-16(9-4-6-10(17)7-5-9)11-3-2-8-15-12(11)13(14)18/h2-8,17H,1H3,(H2,14,18). The fraction of sp³-hybridized carbons (Fsp3) is 0.0769. The van der Waals surface area contributed by atoms with Crippen molar-refractivity contribution in [3.8, 4) is 5.75 Å². The van der Waals surface area contributed by atoms with Gasteiger partial charge in [-0.25, -0.2) is 0 Å².